The minimum atomic E-state index is -3.83. The molecule has 1 unspecified atom stereocenters. The average Bonchev–Trinajstić information content (AvgIpc) is 3.12. The summed E-state index contributed by atoms with van der Waals surface area (Å²) in [4.78, 5) is 33.9. The smallest absolute Gasteiger partial charge is 0.329 e. The molecular weight excluding hydrogens is 372 g/mol. The van der Waals surface area contributed by atoms with E-state index in [0.29, 0.717) is 6.54 Å². The summed E-state index contributed by atoms with van der Waals surface area (Å²) in [5.74, 6) is 1.16. The molecule has 27 heavy (non-hydrogen) atoms. The fourth-order valence-electron chi connectivity index (χ4n) is 3.28. The average molecular weight is 390 g/mol. The lowest BCUT2D eigenvalue weighted by atomic mass is 10.00. The summed E-state index contributed by atoms with van der Waals surface area (Å²) in [6.45, 7) is 0.983. The van der Waals surface area contributed by atoms with Crippen LogP contribution in [0.5, 0.6) is 0 Å². The summed E-state index contributed by atoms with van der Waals surface area (Å²) >= 11 is 0. The SMILES string of the molecule is Cn1c(=O)[nH]c(=O)c2cc(S(=O)(=O)NCC3CCc4nccn4C3)cnc21. The zero-order valence-electron chi connectivity index (χ0n) is 14.5. The molecule has 4 rings (SSSR count). The number of rotatable bonds is 4. The van der Waals surface area contributed by atoms with E-state index in [1.54, 1.807) is 6.20 Å². The van der Waals surface area contributed by atoms with Crippen LogP contribution in [0, 0.1) is 5.92 Å². The molecule has 0 fully saturated rings. The highest BCUT2D eigenvalue weighted by atomic mass is 32.2. The second-order valence-corrected chi connectivity index (χ2v) is 8.38. The van der Waals surface area contributed by atoms with Gasteiger partial charge in [-0.25, -0.2) is 27.9 Å². The quantitative estimate of drug-likeness (QED) is 0.609. The number of sulfonamides is 1. The van der Waals surface area contributed by atoms with Gasteiger partial charge in [-0.1, -0.05) is 0 Å². The van der Waals surface area contributed by atoms with Crippen LogP contribution in [0.3, 0.4) is 0 Å². The van der Waals surface area contributed by atoms with Crippen LogP contribution >= 0.6 is 0 Å². The predicted octanol–water partition coefficient (Wildman–Crippen LogP) is -0.641. The number of aromatic amines is 1. The summed E-state index contributed by atoms with van der Waals surface area (Å²) in [7, 11) is -2.38. The van der Waals surface area contributed by atoms with Crippen molar-refractivity contribution in [3.05, 3.63) is 51.3 Å². The molecule has 4 heterocycles. The van der Waals surface area contributed by atoms with E-state index in [1.165, 1.54) is 13.1 Å². The van der Waals surface area contributed by atoms with Crippen molar-refractivity contribution in [2.45, 2.75) is 24.3 Å². The van der Waals surface area contributed by atoms with E-state index in [4.69, 9.17) is 0 Å². The number of pyridine rings is 1. The van der Waals surface area contributed by atoms with Gasteiger partial charge in [0.25, 0.3) is 5.56 Å². The van der Waals surface area contributed by atoms with Crippen molar-refractivity contribution in [3.8, 4) is 0 Å². The van der Waals surface area contributed by atoms with Gasteiger partial charge in [-0.05, 0) is 18.4 Å². The number of aryl methyl sites for hydroxylation is 2. The fourth-order valence-corrected chi connectivity index (χ4v) is 4.37. The summed E-state index contributed by atoms with van der Waals surface area (Å²) in [6.07, 6.45) is 6.43. The number of aromatic nitrogens is 5. The van der Waals surface area contributed by atoms with Gasteiger partial charge < -0.3 is 4.57 Å². The van der Waals surface area contributed by atoms with Gasteiger partial charge in [-0.15, -0.1) is 0 Å². The number of hydrogen-bond donors (Lipinski definition) is 2. The molecule has 0 amide bonds. The normalized spacial score (nSPS) is 17.1. The number of fused-ring (bicyclic) bond motifs is 2. The standard InChI is InChI=1S/C16H18N6O4S/c1-21-14-12(15(23)20-16(21)24)6-11(8-18-14)27(25,26)19-7-10-2-3-13-17-4-5-22(13)9-10/h4-6,8,10,19H,2-3,7,9H2,1H3,(H,20,23,24). The Morgan fingerprint density at radius 1 is 1.33 bits per heavy atom. The molecular formula is C16H18N6O4S. The maximum atomic E-state index is 12.6. The van der Waals surface area contributed by atoms with E-state index in [2.05, 4.69) is 19.7 Å². The number of imidazole rings is 1. The van der Waals surface area contributed by atoms with Crippen molar-refractivity contribution < 1.29 is 8.42 Å². The number of nitrogens with zero attached hydrogens (tertiary/aromatic N) is 4. The van der Waals surface area contributed by atoms with Gasteiger partial charge in [-0.3, -0.25) is 14.3 Å². The molecule has 0 saturated heterocycles. The molecule has 0 radical (unpaired) electrons. The van der Waals surface area contributed by atoms with Crippen LogP contribution in [-0.4, -0.2) is 39.0 Å². The molecule has 1 aliphatic rings. The second-order valence-electron chi connectivity index (χ2n) is 6.61. The highest BCUT2D eigenvalue weighted by molar-refractivity contribution is 7.89. The van der Waals surface area contributed by atoms with Crippen LogP contribution in [0.15, 0.2) is 39.1 Å². The molecule has 1 atom stereocenters. The summed E-state index contributed by atoms with van der Waals surface area (Å²) in [5, 5.41) is 0.0423. The molecule has 1 aliphatic heterocycles. The molecule has 0 aromatic carbocycles. The Hall–Kier alpha value is -2.79. The largest absolute Gasteiger partial charge is 0.335 e. The van der Waals surface area contributed by atoms with E-state index in [1.807, 2.05) is 10.8 Å². The highest BCUT2D eigenvalue weighted by Gasteiger charge is 2.22. The lowest BCUT2D eigenvalue weighted by molar-refractivity contribution is 0.363. The molecule has 10 nitrogen and oxygen atoms in total. The fraction of sp³-hybridized carbons (Fsp3) is 0.375. The first-order valence-electron chi connectivity index (χ1n) is 8.44. The molecule has 0 spiro atoms. The third-order valence-corrected chi connectivity index (χ3v) is 6.22. The number of nitrogens with one attached hydrogen (secondary N) is 2. The van der Waals surface area contributed by atoms with Crippen LogP contribution in [0.1, 0.15) is 12.2 Å². The maximum absolute atomic E-state index is 12.6. The number of H-pyrrole nitrogens is 1. The van der Waals surface area contributed by atoms with Crippen LogP contribution in [0.4, 0.5) is 0 Å². The van der Waals surface area contributed by atoms with Gasteiger partial charge in [0.05, 0.1) is 5.39 Å². The number of hydrogen-bond acceptors (Lipinski definition) is 6. The minimum Gasteiger partial charge on any atom is -0.335 e. The van der Waals surface area contributed by atoms with Gasteiger partial charge in [-0.2, -0.15) is 0 Å². The van der Waals surface area contributed by atoms with E-state index in [0.717, 1.165) is 29.4 Å². The van der Waals surface area contributed by atoms with Gasteiger partial charge >= 0.3 is 5.69 Å². The molecule has 0 saturated carbocycles. The van der Waals surface area contributed by atoms with Gasteiger partial charge in [0.1, 0.15) is 16.4 Å². The van der Waals surface area contributed by atoms with Gasteiger partial charge in [0.15, 0.2) is 0 Å². The summed E-state index contributed by atoms with van der Waals surface area (Å²) in [6, 6.07) is 1.23. The minimum absolute atomic E-state index is 0.0423. The van der Waals surface area contributed by atoms with Crippen molar-refractivity contribution in [2.75, 3.05) is 6.54 Å². The lowest BCUT2D eigenvalue weighted by Crippen LogP contribution is -2.34. The van der Waals surface area contributed by atoms with E-state index in [9.17, 15) is 18.0 Å². The van der Waals surface area contributed by atoms with Crippen molar-refractivity contribution in [3.63, 3.8) is 0 Å². The van der Waals surface area contributed by atoms with Crippen LogP contribution in [-0.2, 0) is 30.0 Å². The topological polar surface area (TPSA) is 132 Å². The van der Waals surface area contributed by atoms with Crippen LogP contribution in [0.2, 0.25) is 0 Å². The Kier molecular flexibility index (Phi) is 4.19. The highest BCUT2D eigenvalue weighted by Crippen LogP contribution is 2.19. The lowest BCUT2D eigenvalue weighted by Gasteiger charge is -2.23. The van der Waals surface area contributed by atoms with Gasteiger partial charge in [0, 0.05) is 45.1 Å². The molecule has 0 aliphatic carbocycles. The third kappa shape index (κ3) is 3.19. The summed E-state index contributed by atoms with van der Waals surface area (Å²) in [5.41, 5.74) is -1.15. The van der Waals surface area contributed by atoms with Crippen LogP contribution in [0.25, 0.3) is 11.0 Å². The van der Waals surface area contributed by atoms with E-state index in [-0.39, 0.29) is 28.4 Å². The predicted molar refractivity (Wildman–Crippen MR) is 96.8 cm³/mol. The maximum Gasteiger partial charge on any atom is 0.329 e. The first-order valence-corrected chi connectivity index (χ1v) is 9.92. The van der Waals surface area contributed by atoms with Crippen molar-refractivity contribution in [2.24, 2.45) is 13.0 Å². The molecule has 3 aromatic rings. The Morgan fingerprint density at radius 3 is 2.96 bits per heavy atom. The van der Waals surface area contributed by atoms with E-state index >= 15 is 0 Å². The zero-order chi connectivity index (χ0) is 19.2. The van der Waals surface area contributed by atoms with Gasteiger partial charge in [0.2, 0.25) is 10.0 Å². The van der Waals surface area contributed by atoms with Crippen molar-refractivity contribution >= 4 is 21.1 Å². The molecule has 2 N–H and O–H groups in total. The summed E-state index contributed by atoms with van der Waals surface area (Å²) < 4.78 is 31.0. The molecule has 142 valence electrons. The first-order chi connectivity index (χ1) is 12.8. The molecule has 3 aromatic heterocycles. The van der Waals surface area contributed by atoms with Crippen molar-refractivity contribution in [1.82, 2.24) is 28.8 Å². The van der Waals surface area contributed by atoms with E-state index < -0.39 is 21.3 Å². The Labute approximate surface area is 153 Å². The molecule has 11 heteroatoms. The Balaban J connectivity index is 1.57. The van der Waals surface area contributed by atoms with Crippen molar-refractivity contribution in [1.29, 1.82) is 0 Å². The Morgan fingerprint density at radius 2 is 2.15 bits per heavy atom. The molecule has 0 bridgehead atoms. The zero-order valence-corrected chi connectivity index (χ0v) is 15.4. The second kappa shape index (κ2) is 6.43. The first kappa shape index (κ1) is 17.6. The van der Waals surface area contributed by atoms with Crippen LogP contribution < -0.4 is 16.0 Å². The monoisotopic (exact) mass is 390 g/mol. The third-order valence-electron chi connectivity index (χ3n) is 4.83. The Bertz CT molecular complexity index is 1240.